The molecule has 5 aromatic carbocycles. The van der Waals surface area contributed by atoms with Crippen molar-refractivity contribution in [3.05, 3.63) is 139 Å². The molecule has 13 nitrogen and oxygen atoms in total. The van der Waals surface area contributed by atoms with E-state index in [1.165, 1.54) is 5.19 Å². The predicted molar refractivity (Wildman–Crippen MR) is 278 cm³/mol. The predicted octanol–water partition coefficient (Wildman–Crippen LogP) is 6.71. The molecule has 5 saturated heterocycles. The number of hydrogen-bond donors (Lipinski definition) is 3. The van der Waals surface area contributed by atoms with Crippen molar-refractivity contribution in [3.63, 3.8) is 0 Å². The second-order valence-corrected chi connectivity index (χ2v) is 25.5. The van der Waals surface area contributed by atoms with Crippen LogP contribution in [-0.4, -0.2) is 101 Å². The summed E-state index contributed by atoms with van der Waals surface area (Å²) in [5.41, 5.74) is 3.08. The Kier molecular flexibility index (Phi) is 11.9. The highest BCUT2D eigenvalue weighted by atomic mass is 28.3. The first-order valence-corrected chi connectivity index (χ1v) is 28.2. The maximum absolute atomic E-state index is 16.0. The van der Waals surface area contributed by atoms with Gasteiger partial charge in [-0.05, 0) is 136 Å². The first-order chi connectivity index (χ1) is 34.0. The van der Waals surface area contributed by atoms with Crippen LogP contribution in [0.5, 0.6) is 5.75 Å². The van der Waals surface area contributed by atoms with Crippen molar-refractivity contribution in [2.75, 3.05) is 77.7 Å². The van der Waals surface area contributed by atoms with Gasteiger partial charge in [-0.15, -0.1) is 0 Å². The number of methoxy groups -OCH3 is 1. The summed E-state index contributed by atoms with van der Waals surface area (Å²) in [7, 11) is -0.802. The van der Waals surface area contributed by atoms with Crippen molar-refractivity contribution in [2.24, 2.45) is 5.92 Å². The fourth-order valence-electron chi connectivity index (χ4n) is 13.4. The average Bonchev–Trinajstić information content (AvgIpc) is 4.03. The number of rotatable bonds is 11. The molecule has 0 radical (unpaired) electrons. The number of ether oxygens (including phenoxy) is 2. The second kappa shape index (κ2) is 18.0. The molecule has 0 aromatic heterocycles. The molecule has 6 heterocycles. The van der Waals surface area contributed by atoms with Crippen LogP contribution in [-0.2, 0) is 31.3 Å². The van der Waals surface area contributed by atoms with Gasteiger partial charge >= 0.3 is 0 Å². The van der Waals surface area contributed by atoms with Gasteiger partial charge in [0.25, 0.3) is 17.7 Å². The number of carbonyl (C=O) groups is 3. The van der Waals surface area contributed by atoms with Gasteiger partial charge in [0, 0.05) is 40.8 Å². The van der Waals surface area contributed by atoms with Crippen LogP contribution in [0.1, 0.15) is 50.2 Å². The highest BCUT2D eigenvalue weighted by Gasteiger charge is 2.66. The standard InChI is InChI=1S/C56H65N7O6Si/c1-39-50(70(3,4)46-21-19-45(68-2)20-22-46)49(24-33-64)69-56(39)47-35-44(61-38-63(42-15-9-6-10-16-42)55(52(61)66)27-31-58-32-28-55)18-23-48(47)59(53(56)67)36-40-12-11-17-43(34-40)60-37-62(41-13-7-5-8-14-41)54(51(60)65)25-29-57-30-26-54/h5-23,34-35,39,49-50,57-58,64H,24-33,36-38H2,1-4H3/t39-,49+,50-,56+/m0/s1. The van der Waals surface area contributed by atoms with Crippen molar-refractivity contribution in [1.29, 1.82) is 0 Å². The molecule has 70 heavy (non-hydrogen) atoms. The van der Waals surface area contributed by atoms with Crippen LogP contribution in [0.15, 0.2) is 127 Å². The number of carbonyl (C=O) groups excluding carboxylic acids is 3. The molecule has 5 aromatic rings. The van der Waals surface area contributed by atoms with E-state index in [0.29, 0.717) is 45.4 Å². The van der Waals surface area contributed by atoms with Gasteiger partial charge in [0.2, 0.25) is 0 Å². The molecule has 364 valence electrons. The molecule has 14 heteroatoms. The van der Waals surface area contributed by atoms with Gasteiger partial charge in [0.15, 0.2) is 5.60 Å². The molecule has 5 fully saturated rings. The number of benzene rings is 5. The largest absolute Gasteiger partial charge is 0.497 e. The summed E-state index contributed by atoms with van der Waals surface area (Å²) < 4.78 is 12.9. The number of anilines is 5. The Labute approximate surface area is 412 Å². The van der Waals surface area contributed by atoms with E-state index in [1.807, 2.05) is 93.6 Å². The topological polar surface area (TPSA) is 130 Å². The van der Waals surface area contributed by atoms with E-state index in [-0.39, 0.29) is 42.3 Å². The highest BCUT2D eigenvalue weighted by Crippen LogP contribution is 2.61. The van der Waals surface area contributed by atoms with Crippen molar-refractivity contribution in [1.82, 2.24) is 10.6 Å². The fourth-order valence-corrected chi connectivity index (χ4v) is 17.4. The van der Waals surface area contributed by atoms with E-state index in [4.69, 9.17) is 9.47 Å². The van der Waals surface area contributed by atoms with Gasteiger partial charge in [-0.2, -0.15) is 0 Å². The van der Waals surface area contributed by atoms with Crippen LogP contribution < -0.4 is 45.1 Å². The summed E-state index contributed by atoms with van der Waals surface area (Å²) in [4.78, 5) is 56.0. The summed E-state index contributed by atoms with van der Waals surface area (Å²) in [5.74, 6) is 0.473. The molecule has 0 aliphatic carbocycles. The molecular formula is C56H65N7O6Si. The maximum Gasteiger partial charge on any atom is 0.264 e. The van der Waals surface area contributed by atoms with E-state index >= 15 is 9.59 Å². The minimum Gasteiger partial charge on any atom is -0.497 e. The number of hydrogen-bond acceptors (Lipinski definition) is 10. The highest BCUT2D eigenvalue weighted by molar-refractivity contribution is 6.91. The lowest BCUT2D eigenvalue weighted by Gasteiger charge is -2.39. The van der Waals surface area contributed by atoms with Crippen molar-refractivity contribution in [3.8, 4) is 5.75 Å². The fraction of sp³-hybridized carbons (Fsp3) is 0.411. The summed E-state index contributed by atoms with van der Waals surface area (Å²) in [6.07, 6.45) is 2.74. The number of aliphatic hydroxyl groups excluding tert-OH is 1. The Hall–Kier alpha value is -6.03. The smallest absolute Gasteiger partial charge is 0.264 e. The van der Waals surface area contributed by atoms with Crippen LogP contribution >= 0.6 is 0 Å². The average molecular weight is 960 g/mol. The number of piperidine rings is 2. The van der Waals surface area contributed by atoms with Crippen molar-refractivity contribution in [2.45, 2.75) is 87.0 Å². The van der Waals surface area contributed by atoms with Gasteiger partial charge in [-0.1, -0.05) is 85.9 Å². The second-order valence-electron chi connectivity index (χ2n) is 20.8. The summed E-state index contributed by atoms with van der Waals surface area (Å²) >= 11 is 0. The van der Waals surface area contributed by atoms with Gasteiger partial charge in [-0.3, -0.25) is 24.2 Å². The van der Waals surface area contributed by atoms with Gasteiger partial charge in [0.1, 0.15) is 16.8 Å². The Morgan fingerprint density at radius 1 is 0.671 bits per heavy atom. The molecule has 3 spiro atoms. The lowest BCUT2D eigenvalue weighted by atomic mass is 9.82. The molecular weight excluding hydrogens is 895 g/mol. The third-order valence-corrected chi connectivity index (χ3v) is 21.3. The number of nitrogens with zero attached hydrogens (tertiary/aromatic N) is 5. The first kappa shape index (κ1) is 46.4. The monoisotopic (exact) mass is 959 g/mol. The minimum atomic E-state index is -2.47. The Bertz CT molecular complexity index is 2770. The molecule has 3 N–H and O–H groups in total. The van der Waals surface area contributed by atoms with Crippen LogP contribution in [0.2, 0.25) is 18.6 Å². The summed E-state index contributed by atoms with van der Waals surface area (Å²) in [6, 6.07) is 42.9. The Morgan fingerprint density at radius 3 is 1.76 bits per heavy atom. The minimum absolute atomic E-state index is 0.0582. The molecule has 6 aliphatic heterocycles. The molecule has 11 rings (SSSR count). The summed E-state index contributed by atoms with van der Waals surface area (Å²) in [5, 5.41) is 18.8. The Morgan fingerprint density at radius 2 is 1.21 bits per heavy atom. The lowest BCUT2D eigenvalue weighted by Crippen LogP contribution is -2.55. The normalized spacial score (nSPS) is 25.0. The third kappa shape index (κ3) is 7.19. The van der Waals surface area contributed by atoms with E-state index in [1.54, 1.807) is 7.11 Å². The molecule has 3 amide bonds. The van der Waals surface area contributed by atoms with Gasteiger partial charge < -0.3 is 39.9 Å². The van der Waals surface area contributed by atoms with Crippen molar-refractivity contribution >= 4 is 59.4 Å². The number of amides is 3. The number of nitrogens with one attached hydrogen (secondary N) is 2. The third-order valence-electron chi connectivity index (χ3n) is 17.0. The zero-order valence-electron chi connectivity index (χ0n) is 40.8. The molecule has 4 atom stereocenters. The number of para-hydroxylation sites is 2. The van der Waals surface area contributed by atoms with E-state index in [0.717, 1.165) is 71.5 Å². The lowest BCUT2D eigenvalue weighted by molar-refractivity contribution is -0.146. The zero-order chi connectivity index (χ0) is 48.4. The summed E-state index contributed by atoms with van der Waals surface area (Å²) in [6.45, 7) is 10.8. The molecule has 0 saturated carbocycles. The maximum atomic E-state index is 16.0. The van der Waals surface area contributed by atoms with Crippen LogP contribution in [0.3, 0.4) is 0 Å². The van der Waals surface area contributed by atoms with Crippen LogP contribution in [0.4, 0.5) is 28.4 Å². The number of aliphatic hydroxyl groups is 1. The van der Waals surface area contributed by atoms with Crippen molar-refractivity contribution < 1.29 is 29.0 Å². The van der Waals surface area contributed by atoms with Crippen LogP contribution in [0, 0.1) is 5.92 Å². The molecule has 6 aliphatic rings. The molecule has 0 bridgehead atoms. The van der Waals surface area contributed by atoms with E-state index in [9.17, 15) is 9.90 Å². The quantitative estimate of drug-likeness (QED) is 0.123. The van der Waals surface area contributed by atoms with E-state index < -0.39 is 30.9 Å². The Balaban J connectivity index is 0.991. The molecule has 0 unspecified atom stereocenters. The number of fused-ring (bicyclic) bond motifs is 2. The first-order valence-electron chi connectivity index (χ1n) is 25.2. The van der Waals surface area contributed by atoms with Gasteiger partial charge in [0.05, 0.1) is 46.9 Å². The zero-order valence-corrected chi connectivity index (χ0v) is 41.8. The SMILES string of the molecule is COc1ccc([Si](C)(C)[C@@H]2[C@@H](CCO)O[C@]3(C(=O)N(Cc4cccc(N5CN(c6ccccc6)C6(CCNCC6)C5=O)c4)c4ccc(N5CN(c6ccccc6)C6(CCNCC6)C5=O)cc43)[C@H]2C)cc1. The van der Waals surface area contributed by atoms with E-state index in [2.05, 4.69) is 89.0 Å². The van der Waals surface area contributed by atoms with Crippen LogP contribution in [0.25, 0.3) is 0 Å². The van der Waals surface area contributed by atoms with Gasteiger partial charge in [-0.25, -0.2) is 0 Å².